The van der Waals surface area contributed by atoms with Gasteiger partial charge in [0.25, 0.3) is 0 Å². The molecular weight excluding hydrogens is 224 g/mol. The molecule has 2 fully saturated rings. The summed E-state index contributed by atoms with van der Waals surface area (Å²) in [5.74, 6) is 1.88. The number of rotatable bonds is 4. The van der Waals surface area contributed by atoms with Crippen molar-refractivity contribution in [1.82, 2.24) is 10.6 Å². The molecule has 0 aromatic heterocycles. The van der Waals surface area contributed by atoms with E-state index in [1.54, 1.807) is 0 Å². The topological polar surface area (TPSA) is 41.1 Å². The zero-order valence-electron chi connectivity index (χ0n) is 11.9. The van der Waals surface area contributed by atoms with E-state index in [9.17, 15) is 4.79 Å². The third-order valence-electron chi connectivity index (χ3n) is 4.95. The molecule has 0 spiro atoms. The molecule has 2 N–H and O–H groups in total. The minimum Gasteiger partial charge on any atom is -0.354 e. The van der Waals surface area contributed by atoms with Crippen LogP contribution in [0, 0.1) is 17.8 Å². The van der Waals surface area contributed by atoms with E-state index in [-0.39, 0.29) is 5.92 Å². The largest absolute Gasteiger partial charge is 0.354 e. The summed E-state index contributed by atoms with van der Waals surface area (Å²) in [6.07, 6.45) is 7.33. The van der Waals surface area contributed by atoms with E-state index < -0.39 is 0 Å². The third-order valence-corrected chi connectivity index (χ3v) is 4.95. The smallest absolute Gasteiger partial charge is 0.223 e. The van der Waals surface area contributed by atoms with Crippen molar-refractivity contribution in [3.63, 3.8) is 0 Å². The van der Waals surface area contributed by atoms with E-state index >= 15 is 0 Å². The number of nitrogens with one attached hydrogen (secondary N) is 2. The molecule has 1 saturated heterocycles. The Morgan fingerprint density at radius 2 is 2.11 bits per heavy atom. The van der Waals surface area contributed by atoms with Crippen molar-refractivity contribution in [3.05, 3.63) is 0 Å². The van der Waals surface area contributed by atoms with Gasteiger partial charge in [-0.2, -0.15) is 0 Å². The lowest BCUT2D eigenvalue weighted by Crippen LogP contribution is -2.49. The van der Waals surface area contributed by atoms with E-state index in [0.29, 0.717) is 17.9 Å². The van der Waals surface area contributed by atoms with Crippen LogP contribution in [0.25, 0.3) is 0 Å². The van der Waals surface area contributed by atoms with Crippen LogP contribution in [0.15, 0.2) is 0 Å². The van der Waals surface area contributed by atoms with Gasteiger partial charge in [0.1, 0.15) is 0 Å². The lowest BCUT2D eigenvalue weighted by molar-refractivity contribution is -0.126. The molecule has 0 bridgehead atoms. The zero-order valence-corrected chi connectivity index (χ0v) is 11.9. The van der Waals surface area contributed by atoms with Crippen LogP contribution in [0.5, 0.6) is 0 Å². The van der Waals surface area contributed by atoms with Crippen LogP contribution in [0.1, 0.15) is 52.4 Å². The number of amides is 1. The van der Waals surface area contributed by atoms with Gasteiger partial charge in [-0.05, 0) is 44.1 Å². The monoisotopic (exact) mass is 252 g/mol. The highest BCUT2D eigenvalue weighted by Crippen LogP contribution is 2.31. The highest BCUT2D eigenvalue weighted by molar-refractivity contribution is 5.79. The molecule has 0 aromatic carbocycles. The summed E-state index contributed by atoms with van der Waals surface area (Å²) < 4.78 is 0. The number of carbonyl (C=O) groups is 1. The van der Waals surface area contributed by atoms with Gasteiger partial charge in [0.15, 0.2) is 0 Å². The Bertz CT molecular complexity index is 280. The van der Waals surface area contributed by atoms with Gasteiger partial charge in [0.05, 0.1) is 0 Å². The fraction of sp³-hybridized carbons (Fsp3) is 0.933. The first-order chi connectivity index (χ1) is 8.72. The zero-order chi connectivity index (χ0) is 13.0. The van der Waals surface area contributed by atoms with Crippen LogP contribution in [0.2, 0.25) is 0 Å². The number of carbonyl (C=O) groups excluding carboxylic acids is 1. The maximum Gasteiger partial charge on any atom is 0.223 e. The molecule has 1 aliphatic carbocycles. The molecule has 0 aromatic rings. The van der Waals surface area contributed by atoms with Crippen molar-refractivity contribution in [2.24, 2.45) is 17.8 Å². The highest BCUT2D eigenvalue weighted by Gasteiger charge is 2.30. The molecule has 0 radical (unpaired) electrons. The molecule has 2 rings (SSSR count). The average Bonchev–Trinajstić information content (AvgIpc) is 2.82. The first kappa shape index (κ1) is 13.9. The van der Waals surface area contributed by atoms with Crippen molar-refractivity contribution in [3.8, 4) is 0 Å². The second kappa shape index (κ2) is 6.55. The third kappa shape index (κ3) is 3.25. The highest BCUT2D eigenvalue weighted by atomic mass is 16.1. The van der Waals surface area contributed by atoms with E-state index in [1.807, 2.05) is 0 Å². The van der Waals surface area contributed by atoms with E-state index in [1.165, 1.54) is 32.1 Å². The molecule has 3 nitrogen and oxygen atoms in total. The molecule has 1 aliphatic heterocycles. The Morgan fingerprint density at radius 3 is 2.78 bits per heavy atom. The normalized spacial score (nSPS) is 36.6. The molecule has 1 saturated carbocycles. The number of piperidine rings is 1. The molecule has 1 amide bonds. The lowest BCUT2D eigenvalue weighted by Gasteiger charge is -2.32. The van der Waals surface area contributed by atoms with Crippen LogP contribution in [-0.4, -0.2) is 25.0 Å². The molecule has 4 atom stereocenters. The summed E-state index contributed by atoms with van der Waals surface area (Å²) in [4.78, 5) is 12.2. The fourth-order valence-corrected chi connectivity index (χ4v) is 3.62. The Labute approximate surface area is 111 Å². The SMILES string of the molecule is CCC1CCCNC1CNC(=O)C1CCCC1C. The molecule has 2 aliphatic rings. The van der Waals surface area contributed by atoms with Crippen molar-refractivity contribution >= 4 is 5.91 Å². The Balaban J connectivity index is 1.77. The second-order valence-corrected chi connectivity index (χ2v) is 6.13. The van der Waals surface area contributed by atoms with Crippen LogP contribution >= 0.6 is 0 Å². The van der Waals surface area contributed by atoms with Gasteiger partial charge >= 0.3 is 0 Å². The molecule has 4 unspecified atom stereocenters. The molecular formula is C15H28N2O. The van der Waals surface area contributed by atoms with Crippen molar-refractivity contribution in [2.75, 3.05) is 13.1 Å². The molecule has 18 heavy (non-hydrogen) atoms. The van der Waals surface area contributed by atoms with Crippen LogP contribution in [0.4, 0.5) is 0 Å². The summed E-state index contributed by atoms with van der Waals surface area (Å²) in [6.45, 7) is 6.40. The molecule has 104 valence electrons. The van der Waals surface area contributed by atoms with Gasteiger partial charge in [0.2, 0.25) is 5.91 Å². The van der Waals surface area contributed by atoms with E-state index in [4.69, 9.17) is 0 Å². The fourth-order valence-electron chi connectivity index (χ4n) is 3.62. The quantitative estimate of drug-likeness (QED) is 0.806. The summed E-state index contributed by atoms with van der Waals surface area (Å²) in [7, 11) is 0. The second-order valence-electron chi connectivity index (χ2n) is 6.13. The number of hydrogen-bond donors (Lipinski definition) is 2. The average molecular weight is 252 g/mol. The predicted molar refractivity (Wildman–Crippen MR) is 74.3 cm³/mol. The van der Waals surface area contributed by atoms with Crippen LogP contribution < -0.4 is 10.6 Å². The number of hydrogen-bond acceptors (Lipinski definition) is 2. The van der Waals surface area contributed by atoms with Gasteiger partial charge in [-0.15, -0.1) is 0 Å². The maximum absolute atomic E-state index is 12.2. The Hall–Kier alpha value is -0.570. The molecule has 1 heterocycles. The van der Waals surface area contributed by atoms with Gasteiger partial charge in [-0.25, -0.2) is 0 Å². The molecule has 3 heteroatoms. The van der Waals surface area contributed by atoms with Crippen LogP contribution in [-0.2, 0) is 4.79 Å². The van der Waals surface area contributed by atoms with Crippen LogP contribution in [0.3, 0.4) is 0 Å². The Morgan fingerprint density at radius 1 is 1.28 bits per heavy atom. The first-order valence-corrected chi connectivity index (χ1v) is 7.73. The summed E-state index contributed by atoms with van der Waals surface area (Å²) in [5.41, 5.74) is 0. The standard InChI is InChI=1S/C15H28N2O/c1-3-12-7-5-9-16-14(12)10-17-15(18)13-8-4-6-11(13)2/h11-14,16H,3-10H2,1-2H3,(H,17,18). The van der Waals surface area contributed by atoms with Gasteiger partial charge in [-0.1, -0.05) is 26.7 Å². The Kier molecular flexibility index (Phi) is 5.04. The first-order valence-electron chi connectivity index (χ1n) is 7.73. The lowest BCUT2D eigenvalue weighted by atomic mass is 9.88. The predicted octanol–water partition coefficient (Wildman–Crippen LogP) is 2.32. The van der Waals surface area contributed by atoms with Crippen molar-refractivity contribution < 1.29 is 4.79 Å². The summed E-state index contributed by atoms with van der Waals surface area (Å²) in [5, 5.41) is 6.75. The summed E-state index contributed by atoms with van der Waals surface area (Å²) >= 11 is 0. The minimum atomic E-state index is 0.272. The van der Waals surface area contributed by atoms with E-state index in [2.05, 4.69) is 24.5 Å². The van der Waals surface area contributed by atoms with Gasteiger partial charge in [0, 0.05) is 18.5 Å². The van der Waals surface area contributed by atoms with Gasteiger partial charge < -0.3 is 10.6 Å². The van der Waals surface area contributed by atoms with E-state index in [0.717, 1.165) is 25.4 Å². The minimum absolute atomic E-state index is 0.272. The van der Waals surface area contributed by atoms with Crippen molar-refractivity contribution in [1.29, 1.82) is 0 Å². The summed E-state index contributed by atoms with van der Waals surface area (Å²) in [6, 6.07) is 0.490. The van der Waals surface area contributed by atoms with Crippen molar-refractivity contribution in [2.45, 2.75) is 58.4 Å². The van der Waals surface area contributed by atoms with Gasteiger partial charge in [-0.3, -0.25) is 4.79 Å². The maximum atomic E-state index is 12.2.